The van der Waals surface area contributed by atoms with Gasteiger partial charge in [-0.15, -0.1) is 0 Å². The van der Waals surface area contributed by atoms with Crippen molar-refractivity contribution in [2.45, 2.75) is 0 Å². The van der Waals surface area contributed by atoms with E-state index >= 15 is 0 Å². The molecule has 0 aliphatic carbocycles. The van der Waals surface area contributed by atoms with E-state index in [1.54, 1.807) is 10.6 Å². The highest BCUT2D eigenvalue weighted by molar-refractivity contribution is 5.84. The van der Waals surface area contributed by atoms with Crippen LogP contribution >= 0.6 is 0 Å². The molecule has 2 N–H and O–H groups in total. The lowest BCUT2D eigenvalue weighted by Gasteiger charge is -2.06. The highest BCUT2D eigenvalue weighted by Gasteiger charge is 2.13. The number of halogens is 2. The summed E-state index contributed by atoms with van der Waals surface area (Å²) in [6.07, 6.45) is 1.65. The van der Waals surface area contributed by atoms with Crippen molar-refractivity contribution >= 4 is 22.5 Å². The summed E-state index contributed by atoms with van der Waals surface area (Å²) in [5.74, 6) is -1.13. The zero-order chi connectivity index (χ0) is 15.3. The van der Waals surface area contributed by atoms with E-state index in [1.165, 1.54) is 12.1 Å². The van der Waals surface area contributed by atoms with Gasteiger partial charge in [0.2, 0.25) is 0 Å². The fourth-order valence-electron chi connectivity index (χ4n) is 2.51. The van der Waals surface area contributed by atoms with E-state index in [0.29, 0.717) is 11.3 Å². The van der Waals surface area contributed by atoms with E-state index in [2.05, 4.69) is 9.97 Å². The number of imidazole rings is 1. The van der Waals surface area contributed by atoms with Gasteiger partial charge in [-0.05, 0) is 24.3 Å². The highest BCUT2D eigenvalue weighted by Crippen LogP contribution is 2.26. The second-order valence-corrected chi connectivity index (χ2v) is 4.93. The Morgan fingerprint density at radius 3 is 2.64 bits per heavy atom. The molecular formula is C16H10F2N4. The number of anilines is 1. The van der Waals surface area contributed by atoms with Crippen LogP contribution in [0.5, 0.6) is 0 Å². The fraction of sp³-hybridized carbons (Fsp3) is 0. The number of fused-ring (bicyclic) bond motifs is 3. The minimum Gasteiger partial charge on any atom is -0.381 e. The van der Waals surface area contributed by atoms with E-state index in [9.17, 15) is 8.78 Å². The minimum absolute atomic E-state index is 0.188. The van der Waals surface area contributed by atoms with Gasteiger partial charge in [-0.25, -0.2) is 18.7 Å². The molecule has 0 aliphatic heterocycles. The molecule has 22 heavy (non-hydrogen) atoms. The van der Waals surface area contributed by atoms with Gasteiger partial charge in [-0.1, -0.05) is 12.1 Å². The van der Waals surface area contributed by atoms with Gasteiger partial charge in [0.25, 0.3) is 0 Å². The molecule has 2 heterocycles. The first-order chi connectivity index (χ1) is 10.6. The average molecular weight is 296 g/mol. The molecule has 0 saturated carbocycles. The molecule has 6 heteroatoms. The SMILES string of the molecule is Nc1nc(-c2ccc(F)cc2F)cn2c1nc1ccccc12. The summed E-state index contributed by atoms with van der Waals surface area (Å²) in [7, 11) is 0. The van der Waals surface area contributed by atoms with Gasteiger partial charge in [0.05, 0.1) is 16.7 Å². The summed E-state index contributed by atoms with van der Waals surface area (Å²) in [5.41, 5.74) is 8.58. The number of nitrogens with two attached hydrogens (primary N) is 1. The monoisotopic (exact) mass is 296 g/mol. The summed E-state index contributed by atoms with van der Waals surface area (Å²) in [5, 5.41) is 0. The number of nitrogen functional groups attached to an aromatic ring is 1. The van der Waals surface area contributed by atoms with E-state index in [0.717, 1.165) is 17.1 Å². The molecular weight excluding hydrogens is 286 g/mol. The Morgan fingerprint density at radius 2 is 1.82 bits per heavy atom. The van der Waals surface area contributed by atoms with E-state index in [1.807, 2.05) is 24.3 Å². The Kier molecular flexibility index (Phi) is 2.59. The Morgan fingerprint density at radius 1 is 1.00 bits per heavy atom. The van der Waals surface area contributed by atoms with Crippen LogP contribution in [0.2, 0.25) is 0 Å². The molecule has 2 aromatic carbocycles. The fourth-order valence-corrected chi connectivity index (χ4v) is 2.51. The molecule has 4 rings (SSSR count). The van der Waals surface area contributed by atoms with Crippen molar-refractivity contribution in [3.05, 3.63) is 60.3 Å². The maximum absolute atomic E-state index is 14.0. The van der Waals surface area contributed by atoms with Crippen LogP contribution in [0.4, 0.5) is 14.6 Å². The molecule has 0 unspecified atom stereocenters. The molecule has 0 saturated heterocycles. The number of para-hydroxylation sites is 2. The standard InChI is InChI=1S/C16H10F2N4/c17-9-5-6-10(11(18)7-9)13-8-22-14-4-2-1-3-12(14)21-16(22)15(19)20-13/h1-8H,(H2,19,20). The molecule has 2 aromatic heterocycles. The smallest absolute Gasteiger partial charge is 0.180 e. The summed E-state index contributed by atoms with van der Waals surface area (Å²) >= 11 is 0. The molecule has 0 bridgehead atoms. The zero-order valence-corrected chi connectivity index (χ0v) is 11.3. The molecule has 108 valence electrons. The molecule has 4 aromatic rings. The van der Waals surface area contributed by atoms with Crippen LogP contribution < -0.4 is 5.73 Å². The van der Waals surface area contributed by atoms with Gasteiger partial charge in [0, 0.05) is 17.8 Å². The number of hydrogen-bond acceptors (Lipinski definition) is 3. The van der Waals surface area contributed by atoms with Crippen LogP contribution in [-0.4, -0.2) is 14.4 Å². The number of rotatable bonds is 1. The largest absolute Gasteiger partial charge is 0.381 e. The third-order valence-corrected chi connectivity index (χ3v) is 3.52. The van der Waals surface area contributed by atoms with Crippen LogP contribution in [0.3, 0.4) is 0 Å². The number of hydrogen-bond donors (Lipinski definition) is 1. The third kappa shape index (κ3) is 1.81. The molecule has 0 atom stereocenters. The highest BCUT2D eigenvalue weighted by atomic mass is 19.1. The second-order valence-electron chi connectivity index (χ2n) is 4.93. The van der Waals surface area contributed by atoms with Crippen LogP contribution in [0.15, 0.2) is 48.7 Å². The van der Waals surface area contributed by atoms with Crippen LogP contribution in [-0.2, 0) is 0 Å². The Bertz CT molecular complexity index is 1020. The molecule has 4 nitrogen and oxygen atoms in total. The first kappa shape index (κ1) is 12.7. The molecule has 0 fully saturated rings. The van der Waals surface area contributed by atoms with Crippen molar-refractivity contribution in [3.63, 3.8) is 0 Å². The van der Waals surface area contributed by atoms with Crippen molar-refractivity contribution < 1.29 is 8.78 Å². The van der Waals surface area contributed by atoms with E-state index in [4.69, 9.17) is 5.73 Å². The maximum atomic E-state index is 14.0. The van der Waals surface area contributed by atoms with Gasteiger partial charge in [-0.3, -0.25) is 4.40 Å². The lowest BCUT2D eigenvalue weighted by atomic mass is 10.1. The number of benzene rings is 2. The van der Waals surface area contributed by atoms with Gasteiger partial charge in [0.15, 0.2) is 11.5 Å². The molecule has 0 amide bonds. The van der Waals surface area contributed by atoms with Gasteiger partial charge in [-0.2, -0.15) is 0 Å². The predicted molar refractivity (Wildman–Crippen MR) is 80.3 cm³/mol. The van der Waals surface area contributed by atoms with Crippen LogP contribution in [0, 0.1) is 11.6 Å². The summed E-state index contributed by atoms with van der Waals surface area (Å²) < 4.78 is 28.8. The van der Waals surface area contributed by atoms with Crippen molar-refractivity contribution in [3.8, 4) is 11.3 Å². The Balaban J connectivity index is 2.05. The van der Waals surface area contributed by atoms with Gasteiger partial charge < -0.3 is 5.73 Å². The first-order valence-corrected chi connectivity index (χ1v) is 6.62. The first-order valence-electron chi connectivity index (χ1n) is 6.62. The quantitative estimate of drug-likeness (QED) is 0.585. The summed E-state index contributed by atoms with van der Waals surface area (Å²) in [6, 6.07) is 10.9. The topological polar surface area (TPSA) is 56.2 Å². The lowest BCUT2D eigenvalue weighted by molar-refractivity contribution is 0.585. The average Bonchev–Trinajstić information content (AvgIpc) is 2.87. The molecule has 0 aliphatic rings. The number of aromatic nitrogens is 3. The second kappa shape index (κ2) is 4.49. The van der Waals surface area contributed by atoms with Crippen LogP contribution in [0.1, 0.15) is 0 Å². The third-order valence-electron chi connectivity index (χ3n) is 3.52. The van der Waals surface area contributed by atoms with Crippen LogP contribution in [0.25, 0.3) is 27.9 Å². The molecule has 0 spiro atoms. The number of nitrogens with zero attached hydrogens (tertiary/aromatic N) is 3. The van der Waals surface area contributed by atoms with E-state index in [-0.39, 0.29) is 11.4 Å². The van der Waals surface area contributed by atoms with Gasteiger partial charge >= 0.3 is 0 Å². The Labute approximate surface area is 123 Å². The van der Waals surface area contributed by atoms with E-state index < -0.39 is 11.6 Å². The van der Waals surface area contributed by atoms with Crippen molar-refractivity contribution in [1.82, 2.24) is 14.4 Å². The van der Waals surface area contributed by atoms with Crippen molar-refractivity contribution in [1.29, 1.82) is 0 Å². The van der Waals surface area contributed by atoms with Crippen molar-refractivity contribution in [2.75, 3.05) is 5.73 Å². The zero-order valence-electron chi connectivity index (χ0n) is 11.3. The maximum Gasteiger partial charge on any atom is 0.180 e. The minimum atomic E-state index is -0.685. The summed E-state index contributed by atoms with van der Waals surface area (Å²) in [4.78, 5) is 8.60. The predicted octanol–water partition coefficient (Wildman–Crippen LogP) is 3.41. The lowest BCUT2D eigenvalue weighted by Crippen LogP contribution is -2.00. The molecule has 0 radical (unpaired) electrons. The van der Waals surface area contributed by atoms with Crippen molar-refractivity contribution in [2.24, 2.45) is 0 Å². The van der Waals surface area contributed by atoms with Gasteiger partial charge in [0.1, 0.15) is 11.6 Å². The summed E-state index contributed by atoms with van der Waals surface area (Å²) in [6.45, 7) is 0. The Hall–Kier alpha value is -3.02. The normalized spacial score (nSPS) is 11.4.